The highest BCUT2D eigenvalue weighted by atomic mass is 79.9. The molecule has 0 amide bonds. The van der Waals surface area contributed by atoms with Gasteiger partial charge in [0.2, 0.25) is 0 Å². The van der Waals surface area contributed by atoms with E-state index in [0.717, 1.165) is 46.8 Å². The van der Waals surface area contributed by atoms with Crippen LogP contribution < -0.4 is 4.74 Å². The third kappa shape index (κ3) is 6.44. The van der Waals surface area contributed by atoms with Gasteiger partial charge in [-0.2, -0.15) is 0 Å². The molecule has 0 radical (unpaired) electrons. The molecule has 1 N–H and O–H groups in total. The average Bonchev–Trinajstić information content (AvgIpc) is 3.17. The van der Waals surface area contributed by atoms with Gasteiger partial charge in [-0.25, -0.2) is 4.98 Å². The normalized spacial score (nSPS) is 14.1. The fourth-order valence-electron chi connectivity index (χ4n) is 3.99. The van der Waals surface area contributed by atoms with Crippen LogP contribution in [0.1, 0.15) is 46.5 Å². The fraction of sp³-hybridized carbons (Fsp3) is 0.308. The van der Waals surface area contributed by atoms with Crippen LogP contribution in [0.3, 0.4) is 0 Å². The van der Waals surface area contributed by atoms with E-state index in [-0.39, 0.29) is 12.3 Å². The molecule has 1 aliphatic heterocycles. The Morgan fingerprint density at radius 3 is 2.82 bits per heavy atom. The smallest absolute Gasteiger partial charge is 0.304 e. The number of carboxylic acids is 1. The van der Waals surface area contributed by atoms with Gasteiger partial charge in [0.1, 0.15) is 12.4 Å². The van der Waals surface area contributed by atoms with Crippen LogP contribution in [-0.4, -0.2) is 27.5 Å². The summed E-state index contributed by atoms with van der Waals surface area (Å²) >= 11 is 5.23. The molecular weight excluding hydrogens is 500 g/mol. The topological polar surface area (TPSA) is 62.7 Å². The molecule has 7 heteroatoms. The number of hydrogen-bond donors (Lipinski definition) is 1. The number of aromatic nitrogens is 1. The van der Waals surface area contributed by atoms with Gasteiger partial charge in [0.25, 0.3) is 0 Å². The van der Waals surface area contributed by atoms with E-state index in [0.29, 0.717) is 6.61 Å². The molecule has 170 valence electrons. The minimum absolute atomic E-state index is 0.00750. The highest BCUT2D eigenvalue weighted by Gasteiger charge is 2.20. The SMILES string of the molecule is CC#C[C@@H](CC(=O)O)c1ccc(OCc2cccc(CN3CCc4nc(Br)sc4C3)c2)cc1. The number of rotatable bonds is 8. The molecule has 0 saturated heterocycles. The van der Waals surface area contributed by atoms with Crippen LogP contribution in [0.15, 0.2) is 52.4 Å². The van der Waals surface area contributed by atoms with Gasteiger partial charge in [0.05, 0.1) is 18.0 Å². The molecule has 2 aromatic carbocycles. The van der Waals surface area contributed by atoms with Crippen LogP contribution in [0, 0.1) is 11.8 Å². The van der Waals surface area contributed by atoms with Crippen LogP contribution in [0.5, 0.6) is 5.75 Å². The largest absolute Gasteiger partial charge is 0.489 e. The zero-order valence-corrected chi connectivity index (χ0v) is 20.8. The maximum absolute atomic E-state index is 11.1. The second-order valence-corrected chi connectivity index (χ2v) is 10.4. The molecule has 0 saturated carbocycles. The van der Waals surface area contributed by atoms with Crippen molar-refractivity contribution >= 4 is 33.2 Å². The van der Waals surface area contributed by atoms with Crippen molar-refractivity contribution in [1.29, 1.82) is 0 Å². The van der Waals surface area contributed by atoms with Crippen molar-refractivity contribution in [3.8, 4) is 17.6 Å². The van der Waals surface area contributed by atoms with Crippen molar-refractivity contribution in [2.75, 3.05) is 6.54 Å². The number of aliphatic carboxylic acids is 1. The van der Waals surface area contributed by atoms with E-state index in [4.69, 9.17) is 9.84 Å². The summed E-state index contributed by atoms with van der Waals surface area (Å²) in [6.45, 7) is 5.06. The molecule has 0 fully saturated rings. The second-order valence-electron chi connectivity index (χ2n) is 8.02. The first-order chi connectivity index (χ1) is 16.0. The van der Waals surface area contributed by atoms with Crippen molar-refractivity contribution in [1.82, 2.24) is 9.88 Å². The van der Waals surface area contributed by atoms with Gasteiger partial charge in [0, 0.05) is 30.9 Å². The molecule has 1 aliphatic rings. The molecule has 33 heavy (non-hydrogen) atoms. The molecule has 0 bridgehead atoms. The molecule has 0 aliphatic carbocycles. The van der Waals surface area contributed by atoms with E-state index >= 15 is 0 Å². The van der Waals surface area contributed by atoms with Crippen molar-refractivity contribution in [2.45, 2.75) is 45.4 Å². The molecule has 0 spiro atoms. The Bertz CT molecular complexity index is 1180. The first kappa shape index (κ1) is 23.5. The standard InChI is InChI=1S/C26H25BrN2O3S/c1-2-4-21(14-25(30)31)20-7-9-22(10-8-20)32-17-19-6-3-5-18(13-19)15-29-12-11-23-24(16-29)33-26(27)28-23/h3,5-10,13,21H,11-12,14-17H2,1H3,(H,30,31)/t21-/m0/s1. The van der Waals surface area contributed by atoms with Gasteiger partial charge in [-0.3, -0.25) is 9.69 Å². The van der Waals surface area contributed by atoms with Gasteiger partial charge in [-0.15, -0.1) is 17.3 Å². The maximum Gasteiger partial charge on any atom is 0.304 e. The van der Waals surface area contributed by atoms with E-state index in [1.807, 2.05) is 24.3 Å². The second kappa shape index (κ2) is 11.0. The van der Waals surface area contributed by atoms with Crippen LogP contribution >= 0.6 is 27.3 Å². The number of carbonyl (C=O) groups is 1. The van der Waals surface area contributed by atoms with Gasteiger partial charge in [0.15, 0.2) is 3.92 Å². The summed E-state index contributed by atoms with van der Waals surface area (Å²) in [7, 11) is 0. The predicted octanol–water partition coefficient (Wildman–Crippen LogP) is 5.62. The lowest BCUT2D eigenvalue weighted by Gasteiger charge is -2.26. The minimum atomic E-state index is -0.854. The lowest BCUT2D eigenvalue weighted by atomic mass is 9.96. The molecule has 1 aromatic heterocycles. The number of benzene rings is 2. The summed E-state index contributed by atoms with van der Waals surface area (Å²) in [5, 5.41) is 9.11. The van der Waals surface area contributed by atoms with E-state index in [2.05, 4.69) is 61.9 Å². The Hall–Kier alpha value is -2.66. The molecule has 4 rings (SSSR count). The molecule has 2 heterocycles. The van der Waals surface area contributed by atoms with Gasteiger partial charge in [-0.05, 0) is 51.7 Å². The van der Waals surface area contributed by atoms with Gasteiger partial charge in [-0.1, -0.05) is 42.3 Å². The van der Waals surface area contributed by atoms with Crippen molar-refractivity contribution < 1.29 is 14.6 Å². The number of ether oxygens (including phenoxy) is 1. The monoisotopic (exact) mass is 524 g/mol. The Labute approximate surface area is 206 Å². The minimum Gasteiger partial charge on any atom is -0.489 e. The lowest BCUT2D eigenvalue weighted by Crippen LogP contribution is -2.29. The average molecular weight is 525 g/mol. The van der Waals surface area contributed by atoms with E-state index in [1.165, 1.54) is 16.1 Å². The van der Waals surface area contributed by atoms with Crippen molar-refractivity contribution in [2.24, 2.45) is 0 Å². The van der Waals surface area contributed by atoms with Gasteiger partial charge >= 0.3 is 5.97 Å². The van der Waals surface area contributed by atoms with E-state index in [1.54, 1.807) is 18.3 Å². The number of nitrogens with zero attached hydrogens (tertiary/aromatic N) is 2. The maximum atomic E-state index is 11.1. The highest BCUT2D eigenvalue weighted by molar-refractivity contribution is 9.11. The van der Waals surface area contributed by atoms with Crippen LogP contribution in [0.4, 0.5) is 0 Å². The summed E-state index contributed by atoms with van der Waals surface area (Å²) in [6.07, 6.45) is 0.986. The number of thiazole rings is 1. The first-order valence-electron chi connectivity index (χ1n) is 10.8. The number of hydrogen-bond acceptors (Lipinski definition) is 5. The predicted molar refractivity (Wildman–Crippen MR) is 133 cm³/mol. The number of fused-ring (bicyclic) bond motifs is 1. The fourth-order valence-corrected chi connectivity index (χ4v) is 5.66. The summed E-state index contributed by atoms with van der Waals surface area (Å²) in [5.41, 5.74) is 4.51. The number of carboxylic acid groups (broad SMARTS) is 1. The van der Waals surface area contributed by atoms with Gasteiger partial charge < -0.3 is 9.84 Å². The van der Waals surface area contributed by atoms with Crippen LogP contribution in [-0.2, 0) is 30.9 Å². The summed E-state index contributed by atoms with van der Waals surface area (Å²) in [6, 6.07) is 16.1. The molecule has 1 atom stereocenters. The Balaban J connectivity index is 1.34. The third-order valence-corrected chi connectivity index (χ3v) is 7.10. The zero-order chi connectivity index (χ0) is 23.2. The Kier molecular flexibility index (Phi) is 7.81. The highest BCUT2D eigenvalue weighted by Crippen LogP contribution is 2.29. The molecule has 3 aromatic rings. The Morgan fingerprint density at radius 2 is 2.06 bits per heavy atom. The van der Waals surface area contributed by atoms with E-state index in [9.17, 15) is 4.79 Å². The summed E-state index contributed by atoms with van der Waals surface area (Å²) in [5.74, 6) is 5.38. The molecule has 5 nitrogen and oxygen atoms in total. The van der Waals surface area contributed by atoms with Crippen molar-refractivity contribution in [3.05, 3.63) is 79.7 Å². The third-order valence-electron chi connectivity index (χ3n) is 5.57. The lowest BCUT2D eigenvalue weighted by molar-refractivity contribution is -0.137. The van der Waals surface area contributed by atoms with Crippen molar-refractivity contribution in [3.63, 3.8) is 0 Å². The van der Waals surface area contributed by atoms with Crippen LogP contribution in [0.2, 0.25) is 0 Å². The molecule has 0 unspecified atom stereocenters. The van der Waals surface area contributed by atoms with E-state index < -0.39 is 5.97 Å². The number of halogens is 1. The summed E-state index contributed by atoms with van der Waals surface area (Å²) < 4.78 is 6.95. The zero-order valence-electron chi connectivity index (χ0n) is 18.4. The molecular formula is C26H25BrN2O3S. The quantitative estimate of drug-likeness (QED) is 0.387. The Morgan fingerprint density at radius 1 is 1.27 bits per heavy atom. The van der Waals surface area contributed by atoms with Crippen LogP contribution in [0.25, 0.3) is 0 Å². The first-order valence-corrected chi connectivity index (χ1v) is 12.4. The summed E-state index contributed by atoms with van der Waals surface area (Å²) in [4.78, 5) is 19.5.